The summed E-state index contributed by atoms with van der Waals surface area (Å²) < 4.78 is 20.8. The van der Waals surface area contributed by atoms with Crippen molar-refractivity contribution in [1.82, 2.24) is 30.4 Å². The Bertz CT molecular complexity index is 1050. The average molecular weight is 514 g/mol. The van der Waals surface area contributed by atoms with E-state index in [0.717, 1.165) is 0 Å². The summed E-state index contributed by atoms with van der Waals surface area (Å²) in [6.45, 7) is 6.33. The summed E-state index contributed by atoms with van der Waals surface area (Å²) in [7, 11) is 0. The molecule has 3 rings (SSSR count). The molecule has 0 fully saturated rings. The van der Waals surface area contributed by atoms with Crippen LogP contribution in [0.5, 0.6) is 5.75 Å². The van der Waals surface area contributed by atoms with Crippen LogP contribution in [-0.4, -0.2) is 54.6 Å². The van der Waals surface area contributed by atoms with E-state index in [9.17, 15) is 14.3 Å². The maximum atomic E-state index is 13.3. The van der Waals surface area contributed by atoms with E-state index >= 15 is 0 Å². The number of rotatable bonds is 9. The first kappa shape index (κ1) is 23.0. The van der Waals surface area contributed by atoms with Crippen LogP contribution in [-0.2, 0) is 4.79 Å². The molecule has 2 heterocycles. The summed E-state index contributed by atoms with van der Waals surface area (Å²) in [5.41, 5.74) is -0.613. The molecule has 0 aliphatic rings. The molecule has 0 spiro atoms. The largest absolute Gasteiger partial charge is 0.492 e. The normalized spacial score (nSPS) is 12.5. The van der Waals surface area contributed by atoms with Gasteiger partial charge in [-0.15, -0.1) is 15.3 Å². The van der Waals surface area contributed by atoms with E-state index in [0.29, 0.717) is 39.9 Å². The smallest absolute Gasteiger partial charge is 0.329 e. The number of carboxylic acids is 1. The van der Waals surface area contributed by atoms with Gasteiger partial charge in [0.15, 0.2) is 11.0 Å². The minimum Gasteiger partial charge on any atom is -0.492 e. The lowest BCUT2D eigenvalue weighted by Gasteiger charge is -2.26. The second-order valence-corrected chi connectivity index (χ2v) is 9.50. The minimum atomic E-state index is -1.03. The molecular weight excluding hydrogens is 493 g/mol. The number of aromatic nitrogens is 6. The lowest BCUT2D eigenvalue weighted by atomic mass is 9.87. The van der Waals surface area contributed by atoms with Gasteiger partial charge in [0.25, 0.3) is 0 Å². The fourth-order valence-corrected chi connectivity index (χ4v) is 3.88. The molecule has 2 aromatic heterocycles. The molecule has 0 saturated heterocycles. The van der Waals surface area contributed by atoms with Crippen LogP contribution in [0.2, 0.25) is 0 Å². The summed E-state index contributed by atoms with van der Waals surface area (Å²) in [5.74, 6) is -0.713. The number of nitrogens with one attached hydrogen (secondary N) is 1. The van der Waals surface area contributed by atoms with Gasteiger partial charge in [-0.05, 0) is 50.3 Å². The topological polar surface area (TPSA) is 128 Å². The standard InChI is InChI=1S/C18H21BrFN7O3S/c1-18(2,3)13(16(28)29)27-14(22-25-26-27)15-23-24-17(31-15)21-7-4-8-30-12-9-10(20)5-6-11(12)19/h5-6,9,13H,4,7-8H2,1-3H3,(H,21,24)(H,28,29). The van der Waals surface area contributed by atoms with Crippen molar-refractivity contribution in [2.24, 2.45) is 5.41 Å². The van der Waals surface area contributed by atoms with E-state index in [1.54, 1.807) is 26.8 Å². The van der Waals surface area contributed by atoms with Crippen molar-refractivity contribution < 1.29 is 19.0 Å². The maximum absolute atomic E-state index is 13.3. The molecule has 13 heteroatoms. The number of carbonyl (C=O) groups is 1. The van der Waals surface area contributed by atoms with Crippen molar-refractivity contribution in [1.29, 1.82) is 0 Å². The summed E-state index contributed by atoms with van der Waals surface area (Å²) in [5, 5.41) is 33.3. The molecule has 0 bridgehead atoms. The molecule has 0 aliphatic heterocycles. The minimum absolute atomic E-state index is 0.243. The highest BCUT2D eigenvalue weighted by atomic mass is 79.9. The molecule has 0 amide bonds. The Morgan fingerprint density at radius 1 is 1.35 bits per heavy atom. The molecule has 3 aromatic rings. The van der Waals surface area contributed by atoms with Crippen LogP contribution in [0, 0.1) is 11.2 Å². The summed E-state index contributed by atoms with van der Waals surface area (Å²) in [6, 6.07) is 3.30. The first-order valence-corrected chi connectivity index (χ1v) is 10.9. The quantitative estimate of drug-likeness (QED) is 0.411. The fraction of sp³-hybridized carbons (Fsp3) is 0.444. The molecule has 1 atom stereocenters. The molecule has 0 radical (unpaired) electrons. The van der Waals surface area contributed by atoms with Gasteiger partial charge >= 0.3 is 5.97 Å². The van der Waals surface area contributed by atoms with Crippen molar-refractivity contribution in [3.63, 3.8) is 0 Å². The van der Waals surface area contributed by atoms with Crippen LogP contribution in [0.15, 0.2) is 22.7 Å². The van der Waals surface area contributed by atoms with Crippen LogP contribution in [0.4, 0.5) is 9.52 Å². The Morgan fingerprint density at radius 3 is 2.84 bits per heavy atom. The number of anilines is 1. The first-order valence-electron chi connectivity index (χ1n) is 9.33. The molecule has 10 nitrogen and oxygen atoms in total. The monoisotopic (exact) mass is 513 g/mol. The Hall–Kier alpha value is -2.67. The number of halogens is 2. The number of hydrogen-bond acceptors (Lipinski definition) is 9. The third-order valence-corrected chi connectivity index (χ3v) is 5.69. The van der Waals surface area contributed by atoms with Gasteiger partial charge in [-0.25, -0.2) is 13.9 Å². The number of benzene rings is 1. The highest BCUT2D eigenvalue weighted by molar-refractivity contribution is 9.10. The SMILES string of the molecule is CC(C)(C)C(C(=O)O)n1nnnc1-c1nnc(NCCCOc2cc(F)ccc2Br)s1. The van der Waals surface area contributed by atoms with E-state index in [1.165, 1.54) is 28.2 Å². The van der Waals surface area contributed by atoms with Crippen molar-refractivity contribution >= 4 is 38.4 Å². The lowest BCUT2D eigenvalue weighted by molar-refractivity contribution is -0.144. The molecule has 2 N–H and O–H groups in total. The zero-order chi connectivity index (χ0) is 22.6. The van der Waals surface area contributed by atoms with Gasteiger partial charge in [-0.3, -0.25) is 0 Å². The number of aliphatic carboxylic acids is 1. The van der Waals surface area contributed by atoms with E-state index in [4.69, 9.17) is 4.74 Å². The van der Waals surface area contributed by atoms with Crippen molar-refractivity contribution in [2.75, 3.05) is 18.5 Å². The Morgan fingerprint density at radius 2 is 2.13 bits per heavy atom. The highest BCUT2D eigenvalue weighted by Crippen LogP contribution is 2.34. The number of tetrazole rings is 1. The van der Waals surface area contributed by atoms with Gasteiger partial charge in [0.2, 0.25) is 11.0 Å². The second-order valence-electron chi connectivity index (χ2n) is 7.67. The third-order valence-electron chi connectivity index (χ3n) is 4.16. The van der Waals surface area contributed by atoms with Crippen molar-refractivity contribution in [2.45, 2.75) is 33.2 Å². The zero-order valence-corrected chi connectivity index (χ0v) is 19.4. The number of ether oxygens (including phenoxy) is 1. The fourth-order valence-electron chi connectivity index (χ4n) is 2.77. The van der Waals surface area contributed by atoms with Gasteiger partial charge in [0, 0.05) is 12.6 Å². The molecule has 0 aliphatic carbocycles. The third kappa shape index (κ3) is 5.73. The van der Waals surface area contributed by atoms with Gasteiger partial charge in [-0.1, -0.05) is 32.1 Å². The first-order chi connectivity index (χ1) is 14.7. The summed E-state index contributed by atoms with van der Waals surface area (Å²) in [6.07, 6.45) is 0.640. The van der Waals surface area contributed by atoms with Crippen LogP contribution in [0.25, 0.3) is 10.8 Å². The number of nitrogens with zero attached hydrogens (tertiary/aromatic N) is 6. The van der Waals surface area contributed by atoms with E-state index in [2.05, 4.69) is 47.0 Å². The Kier molecular flexibility index (Phi) is 7.15. The van der Waals surface area contributed by atoms with E-state index in [-0.39, 0.29) is 11.6 Å². The summed E-state index contributed by atoms with van der Waals surface area (Å²) >= 11 is 4.53. The summed E-state index contributed by atoms with van der Waals surface area (Å²) in [4.78, 5) is 11.8. The number of carboxylic acid groups (broad SMARTS) is 1. The van der Waals surface area contributed by atoms with Gasteiger partial charge in [0.1, 0.15) is 11.6 Å². The molecular formula is C18H21BrFN7O3S. The molecule has 31 heavy (non-hydrogen) atoms. The lowest BCUT2D eigenvalue weighted by Crippen LogP contribution is -2.32. The molecule has 1 unspecified atom stereocenters. The van der Waals surface area contributed by atoms with Gasteiger partial charge < -0.3 is 15.2 Å². The molecule has 0 saturated carbocycles. The Balaban J connectivity index is 1.58. The van der Waals surface area contributed by atoms with Crippen LogP contribution < -0.4 is 10.1 Å². The zero-order valence-electron chi connectivity index (χ0n) is 17.0. The Labute approximate surface area is 190 Å². The average Bonchev–Trinajstić information content (AvgIpc) is 3.32. The maximum Gasteiger partial charge on any atom is 0.329 e. The van der Waals surface area contributed by atoms with Crippen molar-refractivity contribution in [3.05, 3.63) is 28.5 Å². The molecule has 1 aromatic carbocycles. The molecule has 166 valence electrons. The predicted octanol–water partition coefficient (Wildman–Crippen LogP) is 3.65. The van der Waals surface area contributed by atoms with Gasteiger partial charge in [0.05, 0.1) is 11.1 Å². The van der Waals surface area contributed by atoms with E-state index in [1.807, 2.05) is 0 Å². The van der Waals surface area contributed by atoms with E-state index < -0.39 is 17.4 Å². The van der Waals surface area contributed by atoms with Crippen LogP contribution >= 0.6 is 27.3 Å². The van der Waals surface area contributed by atoms with Crippen molar-refractivity contribution in [3.8, 4) is 16.6 Å². The van der Waals surface area contributed by atoms with Crippen LogP contribution in [0.3, 0.4) is 0 Å². The number of hydrogen-bond donors (Lipinski definition) is 2. The predicted molar refractivity (Wildman–Crippen MR) is 116 cm³/mol. The highest BCUT2D eigenvalue weighted by Gasteiger charge is 2.36. The van der Waals surface area contributed by atoms with Gasteiger partial charge in [-0.2, -0.15) is 0 Å². The second kappa shape index (κ2) is 9.64. The van der Waals surface area contributed by atoms with Crippen LogP contribution in [0.1, 0.15) is 33.2 Å².